The Hall–Kier alpha value is -2.41. The first-order valence-corrected chi connectivity index (χ1v) is 6.00. The van der Waals surface area contributed by atoms with E-state index in [-0.39, 0.29) is 12.5 Å². The van der Waals surface area contributed by atoms with Crippen molar-refractivity contribution in [3.8, 4) is 0 Å². The molecule has 0 heterocycles. The van der Waals surface area contributed by atoms with Crippen LogP contribution < -0.4 is 10.6 Å². The molecule has 1 aromatic rings. The summed E-state index contributed by atoms with van der Waals surface area (Å²) in [5.41, 5.74) is 0.869. The summed E-state index contributed by atoms with van der Waals surface area (Å²) in [4.78, 5) is 33.3. The third-order valence-corrected chi connectivity index (χ3v) is 2.20. The monoisotopic (exact) mass is 280 g/mol. The van der Waals surface area contributed by atoms with Crippen molar-refractivity contribution in [2.45, 2.75) is 6.92 Å². The van der Waals surface area contributed by atoms with E-state index in [1.165, 1.54) is 6.07 Å². The molecule has 1 aromatic carbocycles. The van der Waals surface area contributed by atoms with Crippen LogP contribution in [0, 0.1) is 0 Å². The molecule has 0 aliphatic heterocycles. The highest BCUT2D eigenvalue weighted by molar-refractivity contribution is 5.97. The minimum atomic E-state index is -1.14. The molecule has 0 unspecified atom stereocenters. The van der Waals surface area contributed by atoms with Gasteiger partial charge in [0, 0.05) is 17.8 Å². The quantitative estimate of drug-likeness (QED) is 0.673. The van der Waals surface area contributed by atoms with Crippen LogP contribution in [-0.4, -0.2) is 42.6 Å². The zero-order valence-corrected chi connectivity index (χ0v) is 11.0. The third-order valence-electron chi connectivity index (χ3n) is 2.20. The van der Waals surface area contributed by atoms with Gasteiger partial charge in [0.25, 0.3) is 5.91 Å². The van der Waals surface area contributed by atoms with Gasteiger partial charge in [-0.2, -0.15) is 0 Å². The predicted molar refractivity (Wildman–Crippen MR) is 71.5 cm³/mol. The Kier molecular flexibility index (Phi) is 6.18. The van der Waals surface area contributed by atoms with Crippen molar-refractivity contribution in [3.05, 3.63) is 29.8 Å². The van der Waals surface area contributed by atoms with E-state index in [2.05, 4.69) is 15.4 Å². The predicted octanol–water partition coefficient (Wildman–Crippen LogP) is 0.476. The zero-order valence-electron chi connectivity index (χ0n) is 11.0. The number of carboxylic acids is 1. The number of rotatable bonds is 7. The first-order chi connectivity index (χ1) is 9.52. The molecule has 0 aliphatic rings. The number of benzene rings is 1. The summed E-state index contributed by atoms with van der Waals surface area (Å²) >= 11 is 0. The Balaban J connectivity index is 2.55. The molecule has 0 aromatic heterocycles. The van der Waals surface area contributed by atoms with E-state index in [0.29, 0.717) is 17.8 Å². The summed E-state index contributed by atoms with van der Waals surface area (Å²) < 4.78 is 4.65. The summed E-state index contributed by atoms with van der Waals surface area (Å²) in [7, 11) is 0. The van der Waals surface area contributed by atoms with Crippen molar-refractivity contribution in [1.82, 2.24) is 5.32 Å². The van der Waals surface area contributed by atoms with Crippen LogP contribution in [0.1, 0.15) is 17.3 Å². The molecule has 3 N–H and O–H groups in total. The van der Waals surface area contributed by atoms with Crippen molar-refractivity contribution < 1.29 is 24.2 Å². The first-order valence-electron chi connectivity index (χ1n) is 6.00. The summed E-state index contributed by atoms with van der Waals surface area (Å²) in [5, 5.41) is 13.5. The second-order valence-corrected chi connectivity index (χ2v) is 3.87. The molecule has 7 nitrogen and oxygen atoms in total. The molecule has 0 atom stereocenters. The number of carboxylic acid groups (broad SMARTS) is 1. The lowest BCUT2D eigenvalue weighted by Crippen LogP contribution is -2.23. The number of aliphatic carboxylic acids is 1. The van der Waals surface area contributed by atoms with E-state index in [9.17, 15) is 14.4 Å². The Bertz CT molecular complexity index is 501. The zero-order chi connectivity index (χ0) is 15.0. The van der Waals surface area contributed by atoms with E-state index >= 15 is 0 Å². The average molecular weight is 280 g/mol. The molecule has 108 valence electrons. The highest BCUT2D eigenvalue weighted by Gasteiger charge is 2.07. The van der Waals surface area contributed by atoms with Gasteiger partial charge >= 0.3 is 5.97 Å². The molecule has 1 rings (SSSR count). The molecular weight excluding hydrogens is 264 g/mol. The maximum Gasteiger partial charge on any atom is 0.329 e. The van der Waals surface area contributed by atoms with Crippen LogP contribution in [0.25, 0.3) is 0 Å². The molecule has 20 heavy (non-hydrogen) atoms. The van der Waals surface area contributed by atoms with Crippen LogP contribution in [0.4, 0.5) is 5.69 Å². The average Bonchev–Trinajstić information content (AvgIpc) is 2.38. The third kappa shape index (κ3) is 5.49. The van der Waals surface area contributed by atoms with Gasteiger partial charge in [-0.1, -0.05) is 6.07 Å². The smallest absolute Gasteiger partial charge is 0.329 e. The lowest BCUT2D eigenvalue weighted by molar-refractivity contribution is -0.143. The number of anilines is 1. The molecule has 0 radical (unpaired) electrons. The Morgan fingerprint density at radius 3 is 2.65 bits per heavy atom. The van der Waals surface area contributed by atoms with Crippen molar-refractivity contribution in [2.75, 3.05) is 25.1 Å². The second-order valence-electron chi connectivity index (χ2n) is 3.87. The van der Waals surface area contributed by atoms with Gasteiger partial charge < -0.3 is 20.5 Å². The normalized spacial score (nSPS) is 9.85. The van der Waals surface area contributed by atoms with E-state index in [1.807, 2.05) is 6.92 Å². The molecule has 0 bridgehead atoms. The van der Waals surface area contributed by atoms with Gasteiger partial charge in [0.05, 0.1) is 0 Å². The standard InChI is InChI=1S/C13H16N2O5/c1-2-14-13(19)9-4-3-5-10(6-9)15-11(16)7-20-8-12(17)18/h3-6H,2,7-8H2,1H3,(H,14,19)(H,15,16)(H,17,18). The van der Waals surface area contributed by atoms with E-state index < -0.39 is 18.5 Å². The lowest BCUT2D eigenvalue weighted by atomic mass is 10.2. The van der Waals surface area contributed by atoms with Crippen LogP contribution in [0.15, 0.2) is 24.3 Å². The second kappa shape index (κ2) is 7.90. The fourth-order valence-electron chi connectivity index (χ4n) is 1.43. The Morgan fingerprint density at radius 1 is 1.25 bits per heavy atom. The Labute approximate surface area is 115 Å². The Morgan fingerprint density at radius 2 is 2.00 bits per heavy atom. The number of carbonyl (C=O) groups excluding carboxylic acids is 2. The van der Waals surface area contributed by atoms with Gasteiger partial charge in [-0.25, -0.2) is 4.79 Å². The first kappa shape index (κ1) is 15.6. The minimum absolute atomic E-state index is 0.231. The SMILES string of the molecule is CCNC(=O)c1cccc(NC(=O)COCC(=O)O)c1. The minimum Gasteiger partial charge on any atom is -0.480 e. The molecule has 0 aliphatic carbocycles. The molecule has 0 fully saturated rings. The molecular formula is C13H16N2O5. The number of carbonyl (C=O) groups is 3. The molecule has 0 saturated carbocycles. The molecule has 7 heteroatoms. The molecule has 0 saturated heterocycles. The fourth-order valence-corrected chi connectivity index (χ4v) is 1.43. The summed E-state index contributed by atoms with van der Waals surface area (Å²) in [5.74, 6) is -1.86. The molecule has 0 spiro atoms. The summed E-state index contributed by atoms with van der Waals surface area (Å²) in [6.45, 7) is 1.42. The van der Waals surface area contributed by atoms with Gasteiger partial charge in [0.2, 0.25) is 5.91 Å². The van der Waals surface area contributed by atoms with Crippen molar-refractivity contribution >= 4 is 23.5 Å². The molecule has 2 amide bonds. The van der Waals surface area contributed by atoms with E-state index in [4.69, 9.17) is 5.11 Å². The van der Waals surface area contributed by atoms with Gasteiger partial charge in [-0.3, -0.25) is 9.59 Å². The van der Waals surface area contributed by atoms with Crippen LogP contribution in [0.2, 0.25) is 0 Å². The summed E-state index contributed by atoms with van der Waals surface area (Å²) in [6.07, 6.45) is 0. The number of ether oxygens (including phenoxy) is 1. The van der Waals surface area contributed by atoms with Crippen LogP contribution in [0.5, 0.6) is 0 Å². The number of amides is 2. The van der Waals surface area contributed by atoms with Gasteiger partial charge in [-0.15, -0.1) is 0 Å². The highest BCUT2D eigenvalue weighted by atomic mass is 16.5. The number of nitrogens with one attached hydrogen (secondary N) is 2. The van der Waals surface area contributed by atoms with Crippen molar-refractivity contribution in [1.29, 1.82) is 0 Å². The summed E-state index contributed by atoms with van der Waals surface area (Å²) in [6, 6.07) is 6.41. The largest absolute Gasteiger partial charge is 0.480 e. The van der Waals surface area contributed by atoms with Crippen LogP contribution in [0.3, 0.4) is 0 Å². The fraction of sp³-hybridized carbons (Fsp3) is 0.308. The number of hydrogen-bond donors (Lipinski definition) is 3. The van der Waals surface area contributed by atoms with Gasteiger partial charge in [-0.05, 0) is 25.1 Å². The maximum absolute atomic E-state index is 11.6. The van der Waals surface area contributed by atoms with Gasteiger partial charge in [0.15, 0.2) is 0 Å². The maximum atomic E-state index is 11.6. The number of hydrogen-bond acceptors (Lipinski definition) is 4. The van der Waals surface area contributed by atoms with Crippen molar-refractivity contribution in [3.63, 3.8) is 0 Å². The lowest BCUT2D eigenvalue weighted by Gasteiger charge is -2.07. The van der Waals surface area contributed by atoms with E-state index in [0.717, 1.165) is 0 Å². The van der Waals surface area contributed by atoms with Crippen molar-refractivity contribution in [2.24, 2.45) is 0 Å². The van der Waals surface area contributed by atoms with Gasteiger partial charge in [0.1, 0.15) is 13.2 Å². The highest BCUT2D eigenvalue weighted by Crippen LogP contribution is 2.10. The van der Waals surface area contributed by atoms with E-state index in [1.54, 1.807) is 18.2 Å². The van der Waals surface area contributed by atoms with Crippen LogP contribution >= 0.6 is 0 Å². The topological polar surface area (TPSA) is 105 Å². The van der Waals surface area contributed by atoms with Crippen LogP contribution in [-0.2, 0) is 14.3 Å².